The van der Waals surface area contributed by atoms with Crippen LogP contribution >= 0.6 is 0 Å². The fraction of sp³-hybridized carbons (Fsp3) is 0.923. The molecule has 1 aliphatic heterocycles. The first-order valence-corrected chi connectivity index (χ1v) is 6.80. The zero-order valence-electron chi connectivity index (χ0n) is 10.7. The first-order chi connectivity index (χ1) is 8.15. The van der Waals surface area contributed by atoms with Crippen molar-refractivity contribution in [3.8, 4) is 0 Å². The summed E-state index contributed by atoms with van der Waals surface area (Å²) in [5.41, 5.74) is 5.97. The number of amides is 1. The molecule has 4 unspecified atom stereocenters. The molecule has 0 radical (unpaired) electrons. The van der Waals surface area contributed by atoms with Gasteiger partial charge >= 0.3 is 0 Å². The van der Waals surface area contributed by atoms with E-state index in [9.17, 15) is 4.79 Å². The highest BCUT2D eigenvalue weighted by Gasteiger charge is 2.29. The van der Waals surface area contributed by atoms with Crippen molar-refractivity contribution >= 4 is 5.91 Å². The fourth-order valence-electron chi connectivity index (χ4n) is 3.03. The van der Waals surface area contributed by atoms with Crippen LogP contribution in [0.15, 0.2) is 0 Å². The van der Waals surface area contributed by atoms with Gasteiger partial charge in [0.1, 0.15) is 0 Å². The maximum absolute atomic E-state index is 12.0. The summed E-state index contributed by atoms with van der Waals surface area (Å²) in [6.45, 7) is 3.68. The monoisotopic (exact) mass is 240 g/mol. The van der Waals surface area contributed by atoms with Crippen LogP contribution in [-0.2, 0) is 9.53 Å². The molecule has 4 nitrogen and oxygen atoms in total. The smallest absolute Gasteiger partial charge is 0.223 e. The lowest BCUT2D eigenvalue weighted by atomic mass is 9.79. The van der Waals surface area contributed by atoms with Gasteiger partial charge in [0.2, 0.25) is 5.91 Å². The van der Waals surface area contributed by atoms with Gasteiger partial charge in [0, 0.05) is 25.1 Å². The molecule has 2 rings (SSSR count). The molecule has 2 aliphatic rings. The fourth-order valence-corrected chi connectivity index (χ4v) is 3.03. The quantitative estimate of drug-likeness (QED) is 0.775. The summed E-state index contributed by atoms with van der Waals surface area (Å²) in [5, 5.41) is 3.02. The largest absolute Gasteiger partial charge is 0.376 e. The summed E-state index contributed by atoms with van der Waals surface area (Å²) in [5.74, 6) is 0.842. The summed E-state index contributed by atoms with van der Waals surface area (Å²) in [7, 11) is 0. The lowest BCUT2D eigenvalue weighted by Gasteiger charge is -2.30. The van der Waals surface area contributed by atoms with Gasteiger partial charge in [-0.1, -0.05) is 6.92 Å². The summed E-state index contributed by atoms with van der Waals surface area (Å²) < 4.78 is 5.49. The molecule has 0 aromatic rings. The number of hydrogen-bond donors (Lipinski definition) is 2. The van der Waals surface area contributed by atoms with Gasteiger partial charge in [0.25, 0.3) is 0 Å². The van der Waals surface area contributed by atoms with Gasteiger partial charge in [-0.3, -0.25) is 4.79 Å². The average molecular weight is 240 g/mol. The molecule has 1 saturated heterocycles. The second-order valence-corrected chi connectivity index (χ2v) is 5.65. The second kappa shape index (κ2) is 5.83. The summed E-state index contributed by atoms with van der Waals surface area (Å²) in [6, 6.07) is 0.192. The Morgan fingerprint density at radius 2 is 2.24 bits per heavy atom. The molecule has 1 amide bonds. The Hall–Kier alpha value is -0.610. The SMILES string of the molecule is CC1CC(N)CC(C(=O)NCC2CCCO2)C1. The Labute approximate surface area is 103 Å². The molecule has 0 aromatic heterocycles. The van der Waals surface area contributed by atoms with Crippen molar-refractivity contribution in [2.45, 2.75) is 51.2 Å². The molecule has 3 N–H and O–H groups in total. The minimum Gasteiger partial charge on any atom is -0.376 e. The first kappa shape index (κ1) is 12.8. The molecule has 4 atom stereocenters. The van der Waals surface area contributed by atoms with Crippen LogP contribution in [0.2, 0.25) is 0 Å². The molecular weight excluding hydrogens is 216 g/mol. The zero-order chi connectivity index (χ0) is 12.3. The van der Waals surface area contributed by atoms with Crippen molar-refractivity contribution in [1.29, 1.82) is 0 Å². The van der Waals surface area contributed by atoms with Gasteiger partial charge in [-0.25, -0.2) is 0 Å². The topological polar surface area (TPSA) is 64.4 Å². The lowest BCUT2D eigenvalue weighted by Crippen LogP contribution is -2.42. The maximum Gasteiger partial charge on any atom is 0.223 e. The molecule has 0 spiro atoms. The van der Waals surface area contributed by atoms with Crippen molar-refractivity contribution in [1.82, 2.24) is 5.32 Å². The molecule has 2 fully saturated rings. The van der Waals surface area contributed by atoms with E-state index in [1.165, 1.54) is 0 Å². The Morgan fingerprint density at radius 3 is 2.88 bits per heavy atom. The molecule has 1 aliphatic carbocycles. The standard InChI is InChI=1S/C13H24N2O2/c1-9-5-10(7-11(14)6-9)13(16)15-8-12-3-2-4-17-12/h9-12H,2-8,14H2,1H3,(H,15,16). The van der Waals surface area contributed by atoms with Gasteiger partial charge in [-0.05, 0) is 38.0 Å². The van der Waals surface area contributed by atoms with Gasteiger partial charge < -0.3 is 15.8 Å². The van der Waals surface area contributed by atoms with Crippen LogP contribution in [0.4, 0.5) is 0 Å². The number of carbonyl (C=O) groups is 1. The molecule has 17 heavy (non-hydrogen) atoms. The van der Waals surface area contributed by atoms with Gasteiger partial charge in [0.05, 0.1) is 6.10 Å². The minimum absolute atomic E-state index is 0.107. The number of nitrogens with two attached hydrogens (primary N) is 1. The summed E-state index contributed by atoms with van der Waals surface area (Å²) in [4.78, 5) is 12.0. The van der Waals surface area contributed by atoms with Crippen molar-refractivity contribution < 1.29 is 9.53 Å². The second-order valence-electron chi connectivity index (χ2n) is 5.65. The highest BCUT2D eigenvalue weighted by Crippen LogP contribution is 2.28. The van der Waals surface area contributed by atoms with Crippen LogP contribution in [0.25, 0.3) is 0 Å². The van der Waals surface area contributed by atoms with E-state index in [2.05, 4.69) is 12.2 Å². The molecule has 1 heterocycles. The Morgan fingerprint density at radius 1 is 1.41 bits per heavy atom. The van der Waals surface area contributed by atoms with E-state index in [0.717, 1.165) is 38.7 Å². The highest BCUT2D eigenvalue weighted by atomic mass is 16.5. The van der Waals surface area contributed by atoms with E-state index in [0.29, 0.717) is 12.5 Å². The summed E-state index contributed by atoms with van der Waals surface area (Å²) in [6.07, 6.45) is 5.28. The van der Waals surface area contributed by atoms with E-state index < -0.39 is 0 Å². The van der Waals surface area contributed by atoms with E-state index in [1.54, 1.807) is 0 Å². The van der Waals surface area contributed by atoms with Crippen molar-refractivity contribution in [2.24, 2.45) is 17.6 Å². The van der Waals surface area contributed by atoms with Crippen molar-refractivity contribution in [3.63, 3.8) is 0 Å². The molecule has 1 saturated carbocycles. The average Bonchev–Trinajstić information content (AvgIpc) is 2.77. The van der Waals surface area contributed by atoms with Gasteiger partial charge in [-0.2, -0.15) is 0 Å². The number of ether oxygens (including phenoxy) is 1. The van der Waals surface area contributed by atoms with Gasteiger partial charge in [0.15, 0.2) is 0 Å². The Balaban J connectivity index is 1.74. The Kier molecular flexibility index (Phi) is 4.40. The lowest BCUT2D eigenvalue weighted by molar-refractivity contribution is -0.127. The number of carbonyl (C=O) groups excluding carboxylic acids is 1. The molecule has 4 heteroatoms. The van der Waals surface area contributed by atoms with E-state index in [4.69, 9.17) is 10.5 Å². The zero-order valence-corrected chi connectivity index (χ0v) is 10.7. The Bertz CT molecular complexity index is 254. The maximum atomic E-state index is 12.0. The third-order valence-electron chi connectivity index (χ3n) is 3.88. The summed E-state index contributed by atoms with van der Waals surface area (Å²) >= 11 is 0. The highest BCUT2D eigenvalue weighted by molar-refractivity contribution is 5.78. The third-order valence-corrected chi connectivity index (χ3v) is 3.88. The van der Waals surface area contributed by atoms with Crippen LogP contribution in [0.1, 0.15) is 39.0 Å². The van der Waals surface area contributed by atoms with E-state index in [-0.39, 0.29) is 24.0 Å². The van der Waals surface area contributed by atoms with E-state index in [1.807, 2.05) is 0 Å². The van der Waals surface area contributed by atoms with Crippen LogP contribution in [0.5, 0.6) is 0 Å². The first-order valence-electron chi connectivity index (χ1n) is 6.80. The molecular formula is C13H24N2O2. The normalized spacial score (nSPS) is 38.0. The number of rotatable bonds is 3. The van der Waals surface area contributed by atoms with Crippen molar-refractivity contribution in [3.05, 3.63) is 0 Å². The minimum atomic E-state index is 0.107. The number of nitrogens with one attached hydrogen (secondary N) is 1. The number of hydrogen-bond acceptors (Lipinski definition) is 3. The third kappa shape index (κ3) is 3.68. The van der Waals surface area contributed by atoms with Crippen LogP contribution in [0, 0.1) is 11.8 Å². The molecule has 98 valence electrons. The molecule has 0 aromatic carbocycles. The van der Waals surface area contributed by atoms with Gasteiger partial charge in [-0.15, -0.1) is 0 Å². The predicted molar refractivity (Wildman–Crippen MR) is 66.5 cm³/mol. The van der Waals surface area contributed by atoms with E-state index >= 15 is 0 Å². The molecule has 0 bridgehead atoms. The van der Waals surface area contributed by atoms with Crippen molar-refractivity contribution in [2.75, 3.05) is 13.2 Å². The van der Waals surface area contributed by atoms with Crippen LogP contribution in [-0.4, -0.2) is 31.2 Å². The van der Waals surface area contributed by atoms with Crippen LogP contribution in [0.3, 0.4) is 0 Å². The van der Waals surface area contributed by atoms with Crippen LogP contribution < -0.4 is 11.1 Å². The predicted octanol–water partition coefficient (Wildman–Crippen LogP) is 1.05.